The van der Waals surface area contributed by atoms with Gasteiger partial charge in [-0.25, -0.2) is 0 Å². The van der Waals surface area contributed by atoms with Crippen molar-refractivity contribution in [3.05, 3.63) is 51.7 Å². The van der Waals surface area contributed by atoms with E-state index in [4.69, 9.17) is 9.47 Å². The molecule has 0 saturated carbocycles. The highest BCUT2D eigenvalue weighted by atomic mass is 16.6. The highest BCUT2D eigenvalue weighted by Crippen LogP contribution is 2.37. The van der Waals surface area contributed by atoms with E-state index < -0.39 is 4.92 Å². The largest absolute Gasteiger partial charge is 0.496 e. The van der Waals surface area contributed by atoms with E-state index in [2.05, 4.69) is 0 Å². The number of benzene rings is 2. The third-order valence-corrected chi connectivity index (χ3v) is 3.06. The Kier molecular flexibility index (Phi) is 3.89. The van der Waals surface area contributed by atoms with Gasteiger partial charge < -0.3 is 9.47 Å². The zero-order chi connectivity index (χ0) is 14.7. The summed E-state index contributed by atoms with van der Waals surface area (Å²) in [5, 5.41) is 12.5. The van der Waals surface area contributed by atoms with Crippen LogP contribution in [-0.2, 0) is 0 Å². The van der Waals surface area contributed by atoms with Crippen LogP contribution in [-0.4, -0.2) is 19.1 Å². The average Bonchev–Trinajstić information content (AvgIpc) is 2.46. The Morgan fingerprint density at radius 1 is 1.20 bits per heavy atom. The van der Waals surface area contributed by atoms with Gasteiger partial charge in [0, 0.05) is 29.3 Å². The van der Waals surface area contributed by atoms with Gasteiger partial charge in [-0.05, 0) is 6.07 Å². The van der Waals surface area contributed by atoms with Crippen molar-refractivity contribution >= 4 is 16.8 Å². The second-order valence-corrected chi connectivity index (χ2v) is 4.29. The fourth-order valence-electron chi connectivity index (χ4n) is 2.12. The monoisotopic (exact) mass is 273 g/mol. The summed E-state index contributed by atoms with van der Waals surface area (Å²) >= 11 is 0. The molecule has 0 amide bonds. The SMILES string of the molecule is COc1cc(/C=C(\C)[N+](=O)[O-])c(OC)c2ccccc12. The van der Waals surface area contributed by atoms with Gasteiger partial charge in [-0.2, -0.15) is 0 Å². The number of hydrogen-bond donors (Lipinski definition) is 0. The van der Waals surface area contributed by atoms with Crippen molar-refractivity contribution in [2.24, 2.45) is 0 Å². The lowest BCUT2D eigenvalue weighted by molar-refractivity contribution is -0.422. The fourth-order valence-corrected chi connectivity index (χ4v) is 2.12. The molecule has 0 aliphatic rings. The van der Waals surface area contributed by atoms with Gasteiger partial charge in [0.05, 0.1) is 19.1 Å². The molecule has 0 spiro atoms. The number of nitrogens with zero attached hydrogens (tertiary/aromatic N) is 1. The van der Waals surface area contributed by atoms with Gasteiger partial charge in [0.2, 0.25) is 5.70 Å². The summed E-state index contributed by atoms with van der Waals surface area (Å²) in [7, 11) is 3.12. The van der Waals surface area contributed by atoms with E-state index in [1.165, 1.54) is 13.0 Å². The van der Waals surface area contributed by atoms with Crippen molar-refractivity contribution in [1.82, 2.24) is 0 Å². The van der Waals surface area contributed by atoms with Crippen LogP contribution in [0.1, 0.15) is 12.5 Å². The third-order valence-electron chi connectivity index (χ3n) is 3.06. The molecule has 0 heterocycles. The summed E-state index contributed by atoms with van der Waals surface area (Å²) < 4.78 is 10.8. The van der Waals surface area contributed by atoms with Crippen LogP contribution in [0.15, 0.2) is 36.0 Å². The van der Waals surface area contributed by atoms with E-state index in [-0.39, 0.29) is 5.70 Å². The van der Waals surface area contributed by atoms with Crippen molar-refractivity contribution in [2.45, 2.75) is 6.92 Å². The van der Waals surface area contributed by atoms with Crippen LogP contribution in [0.3, 0.4) is 0 Å². The molecule has 2 aromatic rings. The zero-order valence-electron chi connectivity index (χ0n) is 11.5. The molecule has 0 N–H and O–H groups in total. The summed E-state index contributed by atoms with van der Waals surface area (Å²) in [6, 6.07) is 9.36. The highest BCUT2D eigenvalue weighted by molar-refractivity contribution is 5.96. The molecule has 0 radical (unpaired) electrons. The first kappa shape index (κ1) is 13.9. The fraction of sp³-hybridized carbons (Fsp3) is 0.200. The molecule has 0 aromatic heterocycles. The van der Waals surface area contributed by atoms with Crippen LogP contribution in [0.2, 0.25) is 0 Å². The van der Waals surface area contributed by atoms with Gasteiger partial charge in [-0.15, -0.1) is 0 Å². The summed E-state index contributed by atoms with van der Waals surface area (Å²) in [5.41, 5.74) is 0.665. The number of allylic oxidation sites excluding steroid dienone is 1. The summed E-state index contributed by atoms with van der Waals surface area (Å²) in [6.45, 7) is 1.45. The molecule has 20 heavy (non-hydrogen) atoms. The van der Waals surface area contributed by atoms with E-state index in [9.17, 15) is 10.1 Å². The number of nitro groups is 1. The lowest BCUT2D eigenvalue weighted by atomic mass is 10.0. The van der Waals surface area contributed by atoms with Crippen LogP contribution in [0.25, 0.3) is 16.8 Å². The molecule has 0 aliphatic heterocycles. The Hall–Kier alpha value is -2.56. The molecule has 0 fully saturated rings. The first-order valence-electron chi connectivity index (χ1n) is 6.05. The first-order chi connectivity index (χ1) is 9.58. The second-order valence-electron chi connectivity index (χ2n) is 4.29. The molecule has 0 aliphatic carbocycles. The molecular weight excluding hydrogens is 258 g/mol. The van der Waals surface area contributed by atoms with Crippen LogP contribution < -0.4 is 9.47 Å². The summed E-state index contributed by atoms with van der Waals surface area (Å²) in [4.78, 5) is 10.4. The van der Waals surface area contributed by atoms with Gasteiger partial charge in [0.15, 0.2) is 0 Å². The minimum absolute atomic E-state index is 0.0423. The molecule has 2 rings (SSSR count). The Balaban J connectivity index is 2.77. The number of fused-ring (bicyclic) bond motifs is 1. The van der Waals surface area contributed by atoms with E-state index >= 15 is 0 Å². The lowest BCUT2D eigenvalue weighted by Crippen LogP contribution is -1.96. The van der Waals surface area contributed by atoms with Crippen molar-refractivity contribution in [2.75, 3.05) is 14.2 Å². The lowest BCUT2D eigenvalue weighted by Gasteiger charge is -2.12. The Morgan fingerprint density at radius 3 is 2.40 bits per heavy atom. The Labute approximate surface area is 116 Å². The number of methoxy groups -OCH3 is 2. The van der Waals surface area contributed by atoms with Gasteiger partial charge in [0.1, 0.15) is 11.5 Å². The quantitative estimate of drug-likeness (QED) is 0.632. The van der Waals surface area contributed by atoms with Crippen LogP contribution in [0.5, 0.6) is 11.5 Å². The highest BCUT2D eigenvalue weighted by Gasteiger charge is 2.14. The van der Waals surface area contributed by atoms with Crippen molar-refractivity contribution < 1.29 is 14.4 Å². The minimum Gasteiger partial charge on any atom is -0.496 e. The molecule has 0 saturated heterocycles. The first-order valence-corrected chi connectivity index (χ1v) is 6.05. The summed E-state index contributed by atoms with van der Waals surface area (Å²) in [5.74, 6) is 1.26. The Morgan fingerprint density at radius 2 is 1.85 bits per heavy atom. The third kappa shape index (κ3) is 2.42. The van der Waals surface area contributed by atoms with Gasteiger partial charge in [-0.1, -0.05) is 24.3 Å². The Bertz CT molecular complexity index is 692. The van der Waals surface area contributed by atoms with Crippen molar-refractivity contribution in [1.29, 1.82) is 0 Å². The predicted octanol–water partition coefficient (Wildman–Crippen LogP) is 3.49. The van der Waals surface area contributed by atoms with Crippen LogP contribution in [0, 0.1) is 10.1 Å². The standard InChI is InChI=1S/C15H15NO4/c1-10(16(17)18)8-11-9-14(19-2)12-6-4-5-7-13(12)15(11)20-3/h4-9H,1-3H3/b10-8+. The maximum Gasteiger partial charge on any atom is 0.243 e. The smallest absolute Gasteiger partial charge is 0.243 e. The number of hydrogen-bond acceptors (Lipinski definition) is 4. The van der Waals surface area contributed by atoms with Crippen LogP contribution in [0.4, 0.5) is 0 Å². The van der Waals surface area contributed by atoms with E-state index in [0.29, 0.717) is 17.1 Å². The predicted molar refractivity (Wildman–Crippen MR) is 77.7 cm³/mol. The second kappa shape index (κ2) is 5.61. The van der Waals surface area contributed by atoms with Crippen molar-refractivity contribution in [3.63, 3.8) is 0 Å². The van der Waals surface area contributed by atoms with E-state index in [1.807, 2.05) is 24.3 Å². The summed E-state index contributed by atoms with van der Waals surface area (Å²) in [6.07, 6.45) is 1.48. The maximum atomic E-state index is 10.8. The molecule has 0 atom stereocenters. The molecule has 0 unspecified atom stereocenters. The number of rotatable bonds is 4. The van der Waals surface area contributed by atoms with Gasteiger partial charge in [0.25, 0.3) is 0 Å². The molecule has 0 bridgehead atoms. The van der Waals surface area contributed by atoms with E-state index in [0.717, 1.165) is 10.8 Å². The average molecular weight is 273 g/mol. The zero-order valence-corrected chi connectivity index (χ0v) is 11.5. The van der Waals surface area contributed by atoms with E-state index in [1.54, 1.807) is 20.3 Å². The van der Waals surface area contributed by atoms with Crippen LogP contribution >= 0.6 is 0 Å². The minimum atomic E-state index is -0.429. The molecule has 2 aromatic carbocycles. The van der Waals surface area contributed by atoms with Gasteiger partial charge >= 0.3 is 0 Å². The van der Waals surface area contributed by atoms with Crippen molar-refractivity contribution in [3.8, 4) is 11.5 Å². The molecule has 104 valence electrons. The molecular formula is C15H15NO4. The molecule has 5 nitrogen and oxygen atoms in total. The maximum absolute atomic E-state index is 10.8. The normalized spacial score (nSPS) is 11.4. The molecule has 5 heteroatoms. The van der Waals surface area contributed by atoms with Gasteiger partial charge in [-0.3, -0.25) is 10.1 Å². The topological polar surface area (TPSA) is 61.6 Å². The number of ether oxygens (including phenoxy) is 2.